The Morgan fingerprint density at radius 3 is 2.61 bits per heavy atom. The lowest BCUT2D eigenvalue weighted by molar-refractivity contribution is 0.146. The van der Waals surface area contributed by atoms with Crippen molar-refractivity contribution in [3.63, 3.8) is 0 Å². The molecule has 0 aliphatic carbocycles. The van der Waals surface area contributed by atoms with E-state index >= 15 is 0 Å². The minimum atomic E-state index is -1.03. The van der Waals surface area contributed by atoms with Gasteiger partial charge in [-0.05, 0) is 48.7 Å². The molecule has 1 N–H and O–H groups in total. The van der Waals surface area contributed by atoms with E-state index in [2.05, 4.69) is 9.97 Å². The normalized spacial score (nSPS) is 17.2. The van der Waals surface area contributed by atoms with Gasteiger partial charge in [0.25, 0.3) is 5.56 Å². The van der Waals surface area contributed by atoms with Gasteiger partial charge in [-0.1, -0.05) is 18.2 Å². The summed E-state index contributed by atoms with van der Waals surface area (Å²) in [6, 6.07) is 11.7. The molecule has 0 saturated carbocycles. The van der Waals surface area contributed by atoms with Gasteiger partial charge in [-0.3, -0.25) is 9.36 Å². The lowest BCUT2D eigenvalue weighted by Crippen LogP contribution is -2.53. The van der Waals surface area contributed by atoms with Gasteiger partial charge in [0, 0.05) is 38.0 Å². The minimum absolute atomic E-state index is 0.238. The third-order valence-electron chi connectivity index (χ3n) is 6.92. The average Bonchev–Trinajstić information content (AvgIpc) is 3.32. The monoisotopic (exact) mass is 489 g/mol. The van der Waals surface area contributed by atoms with Crippen molar-refractivity contribution in [3.05, 3.63) is 99.7 Å². The molecule has 3 heterocycles. The van der Waals surface area contributed by atoms with Gasteiger partial charge in [0.05, 0.1) is 31.4 Å². The fourth-order valence-electron chi connectivity index (χ4n) is 4.92. The van der Waals surface area contributed by atoms with E-state index in [1.54, 1.807) is 36.3 Å². The SMILES string of the molecule is COc1cc(Cc2cnc3n(c2=O)C(CO)(c2ccc(F)cc2)CCN3C)ccc1-n1cnc(C)c1. The molecule has 36 heavy (non-hydrogen) atoms. The standard InChI is InChI=1S/C27H28FN5O3/c1-18-15-32(17-30-18)23-9-4-19(13-24(23)36-3)12-20-14-29-26-31(2)11-10-27(16-34,33(26)25(20)35)21-5-7-22(28)8-6-21/h4-9,13-15,17,34H,10-12,16H2,1-3H3. The molecule has 0 bridgehead atoms. The number of rotatable bonds is 6. The molecule has 5 rings (SSSR count). The number of imidazole rings is 1. The first kappa shape index (κ1) is 23.7. The number of hydrogen-bond donors (Lipinski definition) is 1. The Hall–Kier alpha value is -3.98. The van der Waals surface area contributed by atoms with Crippen LogP contribution in [0.4, 0.5) is 10.3 Å². The maximum Gasteiger partial charge on any atom is 0.259 e. The van der Waals surface area contributed by atoms with Gasteiger partial charge >= 0.3 is 0 Å². The fraction of sp³-hybridized carbons (Fsp3) is 0.296. The molecule has 0 saturated heterocycles. The van der Waals surface area contributed by atoms with Gasteiger partial charge in [-0.15, -0.1) is 0 Å². The molecule has 9 heteroatoms. The van der Waals surface area contributed by atoms with Crippen LogP contribution in [0.25, 0.3) is 5.69 Å². The van der Waals surface area contributed by atoms with Crippen molar-refractivity contribution < 1.29 is 14.2 Å². The number of aryl methyl sites for hydroxylation is 1. The number of anilines is 1. The number of halogens is 1. The van der Waals surface area contributed by atoms with Crippen LogP contribution in [0.1, 0.15) is 28.8 Å². The van der Waals surface area contributed by atoms with Gasteiger partial charge in [-0.2, -0.15) is 0 Å². The van der Waals surface area contributed by atoms with Crippen LogP contribution < -0.4 is 15.2 Å². The van der Waals surface area contributed by atoms with Crippen LogP contribution in [0, 0.1) is 12.7 Å². The number of ether oxygens (including phenoxy) is 1. The van der Waals surface area contributed by atoms with E-state index in [4.69, 9.17) is 4.74 Å². The fourth-order valence-corrected chi connectivity index (χ4v) is 4.92. The molecule has 0 spiro atoms. The molecule has 4 aromatic rings. The summed E-state index contributed by atoms with van der Waals surface area (Å²) in [5.74, 6) is 0.755. The first-order chi connectivity index (χ1) is 17.4. The van der Waals surface area contributed by atoms with E-state index in [0.717, 1.165) is 16.9 Å². The van der Waals surface area contributed by atoms with Gasteiger partial charge in [-0.25, -0.2) is 14.4 Å². The maximum absolute atomic E-state index is 13.9. The molecule has 8 nitrogen and oxygen atoms in total. The highest BCUT2D eigenvalue weighted by Crippen LogP contribution is 2.36. The van der Waals surface area contributed by atoms with Gasteiger partial charge < -0.3 is 19.3 Å². The molecule has 0 radical (unpaired) electrons. The predicted octanol–water partition coefficient (Wildman–Crippen LogP) is 3.05. The first-order valence-electron chi connectivity index (χ1n) is 11.7. The van der Waals surface area contributed by atoms with Gasteiger partial charge in [0.15, 0.2) is 0 Å². The number of aliphatic hydroxyl groups is 1. The third kappa shape index (κ3) is 3.95. The number of methoxy groups -OCH3 is 1. The lowest BCUT2D eigenvalue weighted by atomic mass is 9.85. The molecular formula is C27H28FN5O3. The number of aromatic nitrogens is 4. The third-order valence-corrected chi connectivity index (χ3v) is 6.92. The summed E-state index contributed by atoms with van der Waals surface area (Å²) in [6.07, 6.45) is 6.06. The largest absolute Gasteiger partial charge is 0.495 e. The van der Waals surface area contributed by atoms with Crippen LogP contribution >= 0.6 is 0 Å². The molecule has 0 fully saturated rings. The first-order valence-corrected chi connectivity index (χ1v) is 11.7. The number of hydrogen-bond acceptors (Lipinski definition) is 6. The van der Waals surface area contributed by atoms with Crippen molar-refractivity contribution in [3.8, 4) is 11.4 Å². The number of aliphatic hydroxyl groups excluding tert-OH is 1. The van der Waals surface area contributed by atoms with E-state index in [9.17, 15) is 14.3 Å². The van der Waals surface area contributed by atoms with Crippen LogP contribution in [0.2, 0.25) is 0 Å². The summed E-state index contributed by atoms with van der Waals surface area (Å²) >= 11 is 0. The van der Waals surface area contributed by atoms with Crippen LogP contribution in [0.3, 0.4) is 0 Å². The maximum atomic E-state index is 13.9. The molecule has 1 aliphatic rings. The number of benzene rings is 2. The highest BCUT2D eigenvalue weighted by molar-refractivity contribution is 5.50. The van der Waals surface area contributed by atoms with Crippen LogP contribution in [-0.4, -0.2) is 51.5 Å². The van der Waals surface area contributed by atoms with Crippen LogP contribution in [0.15, 0.2) is 66.0 Å². The van der Waals surface area contributed by atoms with Gasteiger partial charge in [0.1, 0.15) is 17.1 Å². The Labute approximate surface area is 208 Å². The molecule has 1 unspecified atom stereocenters. The van der Waals surface area contributed by atoms with E-state index in [-0.39, 0.29) is 18.0 Å². The Morgan fingerprint density at radius 1 is 1.17 bits per heavy atom. The number of nitrogens with zero attached hydrogens (tertiary/aromatic N) is 5. The van der Waals surface area contributed by atoms with Crippen molar-refractivity contribution in [2.45, 2.75) is 25.3 Å². The van der Waals surface area contributed by atoms with Gasteiger partial charge in [0.2, 0.25) is 5.95 Å². The van der Waals surface area contributed by atoms with E-state index in [0.29, 0.717) is 42.2 Å². The molecule has 1 atom stereocenters. The quantitative estimate of drug-likeness (QED) is 0.448. The summed E-state index contributed by atoms with van der Waals surface area (Å²) in [6.45, 7) is 2.21. The second-order valence-corrected chi connectivity index (χ2v) is 9.20. The molecular weight excluding hydrogens is 461 g/mol. The Balaban J connectivity index is 1.58. The molecule has 186 valence electrons. The van der Waals surface area contributed by atoms with Crippen LogP contribution in [0.5, 0.6) is 5.75 Å². The zero-order valence-electron chi connectivity index (χ0n) is 20.5. The molecule has 1 aliphatic heterocycles. The molecule has 2 aromatic carbocycles. The molecule has 0 amide bonds. The Kier molecular flexibility index (Phi) is 6.09. The Morgan fingerprint density at radius 2 is 1.94 bits per heavy atom. The Bertz CT molecular complexity index is 1460. The summed E-state index contributed by atoms with van der Waals surface area (Å²) in [5.41, 5.74) is 2.51. The predicted molar refractivity (Wildman–Crippen MR) is 135 cm³/mol. The average molecular weight is 490 g/mol. The summed E-state index contributed by atoms with van der Waals surface area (Å²) in [4.78, 5) is 24.7. The van der Waals surface area contributed by atoms with E-state index in [1.807, 2.05) is 47.8 Å². The topological polar surface area (TPSA) is 85.4 Å². The van der Waals surface area contributed by atoms with Crippen molar-refractivity contribution >= 4 is 5.95 Å². The zero-order chi connectivity index (χ0) is 25.4. The summed E-state index contributed by atoms with van der Waals surface area (Å²) in [7, 11) is 3.47. The lowest BCUT2D eigenvalue weighted by Gasteiger charge is -2.43. The highest BCUT2D eigenvalue weighted by Gasteiger charge is 2.41. The number of fused-ring (bicyclic) bond motifs is 1. The molecule has 2 aromatic heterocycles. The van der Waals surface area contributed by atoms with Crippen molar-refractivity contribution in [2.75, 3.05) is 32.2 Å². The second kappa shape index (κ2) is 9.23. The van der Waals surface area contributed by atoms with Crippen LogP contribution in [-0.2, 0) is 12.0 Å². The zero-order valence-corrected chi connectivity index (χ0v) is 20.5. The highest BCUT2D eigenvalue weighted by atomic mass is 19.1. The van der Waals surface area contributed by atoms with E-state index < -0.39 is 5.54 Å². The summed E-state index contributed by atoms with van der Waals surface area (Å²) < 4.78 is 22.7. The summed E-state index contributed by atoms with van der Waals surface area (Å²) in [5, 5.41) is 10.6. The van der Waals surface area contributed by atoms with Crippen molar-refractivity contribution in [1.82, 2.24) is 19.1 Å². The van der Waals surface area contributed by atoms with E-state index in [1.165, 1.54) is 12.1 Å². The smallest absolute Gasteiger partial charge is 0.259 e. The van der Waals surface area contributed by atoms with Crippen molar-refractivity contribution in [2.24, 2.45) is 0 Å². The van der Waals surface area contributed by atoms with Crippen molar-refractivity contribution in [1.29, 1.82) is 0 Å². The second-order valence-electron chi connectivity index (χ2n) is 9.20. The minimum Gasteiger partial charge on any atom is -0.495 e.